The van der Waals surface area contributed by atoms with Crippen LogP contribution < -0.4 is 5.43 Å². The lowest BCUT2D eigenvalue weighted by Gasteiger charge is -2.18. The lowest BCUT2D eigenvalue weighted by molar-refractivity contribution is 0.0713. The van der Waals surface area contributed by atoms with Gasteiger partial charge in [0.25, 0.3) is 0 Å². The molecule has 0 saturated heterocycles. The summed E-state index contributed by atoms with van der Waals surface area (Å²) in [6.07, 6.45) is 1.88. The first-order chi connectivity index (χ1) is 12.2. The van der Waals surface area contributed by atoms with Gasteiger partial charge >= 0.3 is 0 Å². The molecule has 0 bridgehead atoms. The number of fused-ring (bicyclic) bond motifs is 1. The third-order valence-corrected chi connectivity index (χ3v) is 4.27. The molecule has 0 fully saturated rings. The van der Waals surface area contributed by atoms with Crippen molar-refractivity contribution >= 4 is 11.0 Å². The summed E-state index contributed by atoms with van der Waals surface area (Å²) < 4.78 is 5.60. The Morgan fingerprint density at radius 2 is 1.69 bits per heavy atom. The van der Waals surface area contributed by atoms with Crippen LogP contribution in [-0.2, 0) is 6.42 Å². The summed E-state index contributed by atoms with van der Waals surface area (Å²) in [5, 5.41) is 39.6. The van der Waals surface area contributed by atoms with Crippen molar-refractivity contribution in [3.8, 4) is 28.4 Å². The Balaban J connectivity index is 2.19. The molecule has 3 aromatic rings. The number of aromatic hydroxyl groups is 3. The Bertz CT molecular complexity index is 1010. The fourth-order valence-corrected chi connectivity index (χ4v) is 2.84. The van der Waals surface area contributed by atoms with Crippen molar-refractivity contribution in [3.63, 3.8) is 0 Å². The Labute approximate surface area is 149 Å². The molecule has 1 aromatic heterocycles. The molecule has 0 aliphatic heterocycles. The van der Waals surface area contributed by atoms with Gasteiger partial charge in [-0.2, -0.15) is 0 Å². The van der Waals surface area contributed by atoms with Crippen molar-refractivity contribution in [2.24, 2.45) is 0 Å². The molecule has 0 saturated carbocycles. The molecule has 1 heterocycles. The van der Waals surface area contributed by atoms with Gasteiger partial charge in [-0.1, -0.05) is 12.1 Å². The second-order valence-electron chi connectivity index (χ2n) is 6.94. The third-order valence-electron chi connectivity index (χ3n) is 4.27. The highest BCUT2D eigenvalue weighted by Gasteiger charge is 2.21. The molecule has 26 heavy (non-hydrogen) atoms. The van der Waals surface area contributed by atoms with Crippen LogP contribution in [0.25, 0.3) is 22.1 Å². The Kier molecular flexibility index (Phi) is 4.38. The Hall–Kier alpha value is -2.99. The van der Waals surface area contributed by atoms with Crippen LogP contribution in [-0.4, -0.2) is 26.0 Å². The zero-order chi connectivity index (χ0) is 19.1. The monoisotopic (exact) mass is 356 g/mol. The molecule has 0 unspecified atom stereocenters. The topological polar surface area (TPSA) is 111 Å². The molecule has 0 aliphatic rings. The van der Waals surface area contributed by atoms with E-state index in [9.17, 15) is 25.2 Å². The van der Waals surface area contributed by atoms with E-state index >= 15 is 0 Å². The van der Waals surface area contributed by atoms with Gasteiger partial charge in [0.05, 0.1) is 11.2 Å². The molecule has 6 nitrogen and oxygen atoms in total. The molecule has 0 radical (unpaired) electrons. The maximum Gasteiger partial charge on any atom is 0.204 e. The summed E-state index contributed by atoms with van der Waals surface area (Å²) in [5.74, 6) is -0.501. The Morgan fingerprint density at radius 3 is 2.31 bits per heavy atom. The standard InChI is InChI=1S/C20H20O6/c1-20(2,25)8-7-13-15(22)9-16(23)17-18(24)14(10-26-19(13)17)11-3-5-12(21)6-4-11/h3-6,9-10,21-23,25H,7-8H2,1-2H3. The molecule has 0 atom stereocenters. The molecule has 3 rings (SSSR count). The number of rotatable bonds is 4. The summed E-state index contributed by atoms with van der Waals surface area (Å²) in [6.45, 7) is 3.29. The van der Waals surface area contributed by atoms with Gasteiger partial charge in [0.2, 0.25) is 5.43 Å². The maximum absolute atomic E-state index is 12.9. The van der Waals surface area contributed by atoms with Gasteiger partial charge in [-0.05, 0) is 44.4 Å². The van der Waals surface area contributed by atoms with Crippen LogP contribution in [0.5, 0.6) is 17.2 Å². The van der Waals surface area contributed by atoms with Gasteiger partial charge in [0.15, 0.2) is 0 Å². The van der Waals surface area contributed by atoms with E-state index in [1.165, 1.54) is 18.4 Å². The average Bonchev–Trinajstić information content (AvgIpc) is 2.54. The first-order valence-corrected chi connectivity index (χ1v) is 8.18. The molecular formula is C20H20O6. The third kappa shape index (κ3) is 3.36. The number of phenolic OH excluding ortho intramolecular Hbond substituents is 3. The lowest BCUT2D eigenvalue weighted by atomic mass is 9.96. The number of benzene rings is 2. The molecule has 0 spiro atoms. The minimum absolute atomic E-state index is 0.0286. The van der Waals surface area contributed by atoms with Gasteiger partial charge in [-0.3, -0.25) is 4.79 Å². The molecule has 0 amide bonds. The molecule has 6 heteroatoms. The fourth-order valence-electron chi connectivity index (χ4n) is 2.84. The number of aliphatic hydroxyl groups is 1. The average molecular weight is 356 g/mol. The smallest absolute Gasteiger partial charge is 0.204 e. The molecule has 136 valence electrons. The predicted molar refractivity (Wildman–Crippen MR) is 97.5 cm³/mol. The molecule has 0 aliphatic carbocycles. The summed E-state index contributed by atoms with van der Waals surface area (Å²) in [4.78, 5) is 12.9. The number of hydrogen-bond donors (Lipinski definition) is 4. The van der Waals surface area contributed by atoms with Crippen LogP contribution in [0.4, 0.5) is 0 Å². The quantitative estimate of drug-likeness (QED) is 0.571. The van der Waals surface area contributed by atoms with Gasteiger partial charge in [0, 0.05) is 11.6 Å². The number of phenols is 3. The van der Waals surface area contributed by atoms with Crippen molar-refractivity contribution in [1.82, 2.24) is 0 Å². The summed E-state index contributed by atoms with van der Waals surface area (Å²) >= 11 is 0. The lowest BCUT2D eigenvalue weighted by Crippen LogP contribution is -2.19. The zero-order valence-electron chi connectivity index (χ0n) is 14.5. The van der Waals surface area contributed by atoms with E-state index in [0.29, 0.717) is 17.5 Å². The van der Waals surface area contributed by atoms with E-state index < -0.39 is 11.0 Å². The highest BCUT2D eigenvalue weighted by atomic mass is 16.3. The predicted octanol–water partition coefficient (Wildman–Crippen LogP) is 3.28. The summed E-state index contributed by atoms with van der Waals surface area (Å²) in [7, 11) is 0. The Morgan fingerprint density at radius 1 is 1.04 bits per heavy atom. The normalized spacial score (nSPS) is 11.8. The largest absolute Gasteiger partial charge is 0.508 e. The van der Waals surface area contributed by atoms with Crippen molar-refractivity contribution in [1.29, 1.82) is 0 Å². The van der Waals surface area contributed by atoms with E-state index in [4.69, 9.17) is 4.42 Å². The molecule has 2 aromatic carbocycles. The number of aryl methyl sites for hydroxylation is 1. The second-order valence-corrected chi connectivity index (χ2v) is 6.94. The van der Waals surface area contributed by atoms with Crippen LogP contribution in [0.3, 0.4) is 0 Å². The molecular weight excluding hydrogens is 336 g/mol. The first-order valence-electron chi connectivity index (χ1n) is 8.18. The maximum atomic E-state index is 12.9. The van der Waals surface area contributed by atoms with E-state index in [0.717, 1.165) is 6.07 Å². The second kappa shape index (κ2) is 6.38. The molecule has 4 N–H and O–H groups in total. The zero-order valence-corrected chi connectivity index (χ0v) is 14.5. The van der Waals surface area contributed by atoms with Crippen LogP contribution in [0.15, 0.2) is 45.8 Å². The highest BCUT2D eigenvalue weighted by molar-refractivity contribution is 5.90. The van der Waals surface area contributed by atoms with Crippen LogP contribution in [0, 0.1) is 0 Å². The van der Waals surface area contributed by atoms with Crippen LogP contribution in [0.1, 0.15) is 25.8 Å². The van der Waals surface area contributed by atoms with E-state index in [-0.39, 0.29) is 40.2 Å². The number of hydrogen-bond acceptors (Lipinski definition) is 6. The van der Waals surface area contributed by atoms with Gasteiger partial charge in [-0.25, -0.2) is 0 Å². The fraction of sp³-hybridized carbons (Fsp3) is 0.250. The van der Waals surface area contributed by atoms with Gasteiger partial charge < -0.3 is 24.8 Å². The summed E-state index contributed by atoms with van der Waals surface area (Å²) in [5.41, 5.74) is -0.188. The van der Waals surface area contributed by atoms with E-state index in [1.54, 1.807) is 26.0 Å². The van der Waals surface area contributed by atoms with Crippen molar-refractivity contribution in [2.45, 2.75) is 32.3 Å². The van der Waals surface area contributed by atoms with Crippen LogP contribution in [0.2, 0.25) is 0 Å². The van der Waals surface area contributed by atoms with Crippen LogP contribution >= 0.6 is 0 Å². The summed E-state index contributed by atoms with van der Waals surface area (Å²) in [6, 6.07) is 7.15. The first kappa shape index (κ1) is 17.8. The SMILES string of the molecule is CC(C)(O)CCc1c(O)cc(O)c2c(=O)c(-c3ccc(O)cc3)coc12. The van der Waals surface area contributed by atoms with Crippen molar-refractivity contribution < 1.29 is 24.8 Å². The van der Waals surface area contributed by atoms with Gasteiger partial charge in [-0.15, -0.1) is 0 Å². The highest BCUT2D eigenvalue weighted by Crippen LogP contribution is 2.35. The van der Waals surface area contributed by atoms with E-state index in [1.807, 2.05) is 0 Å². The van der Waals surface area contributed by atoms with Crippen molar-refractivity contribution in [3.05, 3.63) is 52.4 Å². The minimum Gasteiger partial charge on any atom is -0.508 e. The van der Waals surface area contributed by atoms with Gasteiger partial charge in [0.1, 0.15) is 34.5 Å². The minimum atomic E-state index is -0.955. The van der Waals surface area contributed by atoms with E-state index in [2.05, 4.69) is 0 Å². The van der Waals surface area contributed by atoms with Crippen molar-refractivity contribution in [2.75, 3.05) is 0 Å².